The summed E-state index contributed by atoms with van der Waals surface area (Å²) in [6.45, 7) is 3.48. The number of fused-ring (bicyclic) bond motifs is 1. The molecule has 0 bridgehead atoms. The second kappa shape index (κ2) is 9.56. The van der Waals surface area contributed by atoms with Crippen molar-refractivity contribution in [2.45, 2.75) is 31.6 Å². The molecule has 0 radical (unpaired) electrons. The third-order valence-electron chi connectivity index (χ3n) is 6.35. The van der Waals surface area contributed by atoms with E-state index in [1.807, 2.05) is 42.2 Å². The van der Waals surface area contributed by atoms with Gasteiger partial charge in [-0.1, -0.05) is 24.2 Å². The number of rotatable bonds is 6. The van der Waals surface area contributed by atoms with Crippen LogP contribution in [0.1, 0.15) is 36.6 Å². The number of nitrogens with zero attached hydrogens (tertiary/aromatic N) is 7. The molecule has 9 nitrogen and oxygen atoms in total. The molecule has 33 heavy (non-hydrogen) atoms. The average Bonchev–Trinajstić information content (AvgIpc) is 3.50. The zero-order valence-electron chi connectivity index (χ0n) is 19.2. The van der Waals surface area contributed by atoms with Gasteiger partial charge >= 0.3 is 0 Å². The van der Waals surface area contributed by atoms with Crippen LogP contribution in [0.4, 0.5) is 16.6 Å². The fourth-order valence-electron chi connectivity index (χ4n) is 4.56. The number of piperazine rings is 1. The van der Waals surface area contributed by atoms with E-state index in [0.717, 1.165) is 58.9 Å². The lowest BCUT2D eigenvalue weighted by Crippen LogP contribution is -2.50. The van der Waals surface area contributed by atoms with Gasteiger partial charge in [-0.05, 0) is 45.1 Å². The zero-order valence-corrected chi connectivity index (χ0v) is 20.0. The summed E-state index contributed by atoms with van der Waals surface area (Å²) in [6.07, 6.45) is 6.91. The van der Waals surface area contributed by atoms with Gasteiger partial charge in [-0.15, -0.1) is 10.2 Å². The molecule has 0 aromatic carbocycles. The van der Waals surface area contributed by atoms with E-state index in [9.17, 15) is 4.79 Å². The van der Waals surface area contributed by atoms with Crippen molar-refractivity contribution >= 4 is 44.9 Å². The minimum atomic E-state index is 0.182. The Bertz CT molecular complexity index is 1120. The van der Waals surface area contributed by atoms with Gasteiger partial charge in [0.15, 0.2) is 0 Å². The summed E-state index contributed by atoms with van der Waals surface area (Å²) in [4.78, 5) is 27.8. The molecule has 1 saturated heterocycles. The third kappa shape index (κ3) is 5.06. The fraction of sp³-hybridized carbons (Fsp3) is 0.522. The maximum Gasteiger partial charge on any atom is 0.236 e. The van der Waals surface area contributed by atoms with Crippen LogP contribution in [0.5, 0.6) is 0 Å². The summed E-state index contributed by atoms with van der Waals surface area (Å²) >= 11 is 1.63. The Labute approximate surface area is 197 Å². The molecular weight excluding hydrogens is 436 g/mol. The van der Waals surface area contributed by atoms with Gasteiger partial charge in [0.2, 0.25) is 11.0 Å². The summed E-state index contributed by atoms with van der Waals surface area (Å²) in [5, 5.41) is 13.9. The maximum atomic E-state index is 12.3. The van der Waals surface area contributed by atoms with Crippen molar-refractivity contribution in [3.8, 4) is 0 Å². The normalized spacial score (nSPS) is 17.3. The molecule has 174 valence electrons. The molecular formula is C23H30N8OS. The van der Waals surface area contributed by atoms with Crippen LogP contribution >= 0.6 is 11.3 Å². The summed E-state index contributed by atoms with van der Waals surface area (Å²) in [5.41, 5.74) is 2.73. The lowest BCUT2D eigenvalue weighted by Gasteiger charge is -2.36. The number of anilines is 3. The third-order valence-corrected chi connectivity index (χ3v) is 7.35. The largest absolute Gasteiger partial charge is 0.367 e. The van der Waals surface area contributed by atoms with Crippen molar-refractivity contribution in [1.82, 2.24) is 30.0 Å². The molecule has 2 fully saturated rings. The van der Waals surface area contributed by atoms with Crippen LogP contribution in [0.2, 0.25) is 0 Å². The second-order valence-corrected chi connectivity index (χ2v) is 10.1. The Kier molecular flexibility index (Phi) is 6.37. The number of carbonyl (C=O) groups is 1. The first-order chi connectivity index (χ1) is 16.0. The van der Waals surface area contributed by atoms with E-state index in [1.54, 1.807) is 11.3 Å². The average molecular weight is 467 g/mol. The summed E-state index contributed by atoms with van der Waals surface area (Å²) in [7, 11) is 3.84. The Morgan fingerprint density at radius 3 is 2.67 bits per heavy atom. The van der Waals surface area contributed by atoms with Crippen LogP contribution in [0.3, 0.4) is 0 Å². The molecule has 1 amide bonds. The number of nitrogens with one attached hydrogen (secondary N) is 1. The molecule has 1 aliphatic carbocycles. The molecule has 3 aromatic rings. The Hall–Kier alpha value is -2.85. The van der Waals surface area contributed by atoms with Crippen molar-refractivity contribution in [3.63, 3.8) is 0 Å². The van der Waals surface area contributed by atoms with Crippen molar-refractivity contribution in [2.24, 2.45) is 0 Å². The van der Waals surface area contributed by atoms with Gasteiger partial charge in [-0.25, -0.2) is 4.98 Å². The molecule has 3 aromatic heterocycles. The topological polar surface area (TPSA) is 90.4 Å². The molecule has 0 spiro atoms. The monoisotopic (exact) mass is 466 g/mol. The number of carbonyl (C=O) groups excluding carboxylic acids is 1. The summed E-state index contributed by atoms with van der Waals surface area (Å²) < 4.78 is 0. The smallest absolute Gasteiger partial charge is 0.236 e. The molecule has 5 rings (SSSR count). The van der Waals surface area contributed by atoms with Crippen molar-refractivity contribution in [3.05, 3.63) is 29.4 Å². The van der Waals surface area contributed by atoms with Crippen LogP contribution in [0, 0.1) is 0 Å². The predicted octanol–water partition coefficient (Wildman–Crippen LogP) is 3.09. The molecule has 10 heteroatoms. The maximum absolute atomic E-state index is 12.3. The molecule has 1 saturated carbocycles. The molecule has 0 unspecified atom stereocenters. The summed E-state index contributed by atoms with van der Waals surface area (Å²) in [5.74, 6) is 1.49. The van der Waals surface area contributed by atoms with Crippen LogP contribution < -0.4 is 10.2 Å². The van der Waals surface area contributed by atoms with E-state index >= 15 is 0 Å². The first kappa shape index (κ1) is 22.0. The molecule has 2 aliphatic rings. The highest BCUT2D eigenvalue weighted by molar-refractivity contribution is 7.15. The lowest BCUT2D eigenvalue weighted by molar-refractivity contribution is -0.132. The fourth-order valence-corrected chi connectivity index (χ4v) is 5.47. The Balaban J connectivity index is 1.26. The van der Waals surface area contributed by atoms with Crippen molar-refractivity contribution in [2.75, 3.05) is 57.0 Å². The van der Waals surface area contributed by atoms with E-state index in [2.05, 4.69) is 31.5 Å². The van der Waals surface area contributed by atoms with E-state index in [4.69, 9.17) is 4.98 Å². The molecule has 0 atom stereocenters. The van der Waals surface area contributed by atoms with Crippen LogP contribution in [0.15, 0.2) is 24.4 Å². The number of aromatic nitrogens is 4. The van der Waals surface area contributed by atoms with Gasteiger partial charge in [0.05, 0.1) is 29.5 Å². The number of hydrogen-bond acceptors (Lipinski definition) is 9. The summed E-state index contributed by atoms with van der Waals surface area (Å²) in [6, 6.07) is 5.99. The standard InChI is InChI=1S/C23H30N8OS/c1-29(2)15-21(32)31-11-9-30(10-12-31)17-13-19-18(24-14-17)7-8-20(25-19)26-23-28-27-22(33-23)16-5-3-4-6-16/h7-8,13-14,16H,3-6,9-12,15H2,1-2H3,(H,25,26,28). The predicted molar refractivity (Wildman–Crippen MR) is 131 cm³/mol. The minimum absolute atomic E-state index is 0.182. The van der Waals surface area contributed by atoms with Crippen LogP contribution in [0.25, 0.3) is 11.0 Å². The van der Waals surface area contributed by atoms with E-state index in [0.29, 0.717) is 12.5 Å². The van der Waals surface area contributed by atoms with E-state index < -0.39 is 0 Å². The van der Waals surface area contributed by atoms with Crippen LogP contribution in [-0.2, 0) is 4.79 Å². The molecule has 1 aliphatic heterocycles. The van der Waals surface area contributed by atoms with Crippen LogP contribution in [-0.4, -0.2) is 82.7 Å². The highest BCUT2D eigenvalue weighted by Crippen LogP contribution is 2.37. The second-order valence-electron chi connectivity index (χ2n) is 9.09. The zero-order chi connectivity index (χ0) is 22.8. The number of likely N-dealkylation sites (N-methyl/N-ethyl adjacent to an activating group) is 1. The van der Waals surface area contributed by atoms with E-state index in [-0.39, 0.29) is 5.91 Å². The first-order valence-electron chi connectivity index (χ1n) is 11.6. The number of pyridine rings is 2. The number of hydrogen-bond donors (Lipinski definition) is 1. The van der Waals surface area contributed by atoms with Crippen molar-refractivity contribution in [1.29, 1.82) is 0 Å². The molecule has 4 heterocycles. The quantitative estimate of drug-likeness (QED) is 0.593. The lowest BCUT2D eigenvalue weighted by atomic mass is 10.1. The van der Waals surface area contributed by atoms with Gasteiger partial charge in [-0.3, -0.25) is 9.78 Å². The Morgan fingerprint density at radius 2 is 1.91 bits per heavy atom. The van der Waals surface area contributed by atoms with Gasteiger partial charge in [0.1, 0.15) is 10.8 Å². The Morgan fingerprint density at radius 1 is 1.12 bits per heavy atom. The highest BCUT2D eigenvalue weighted by atomic mass is 32.1. The van der Waals surface area contributed by atoms with E-state index in [1.165, 1.54) is 25.7 Å². The van der Waals surface area contributed by atoms with Crippen molar-refractivity contribution < 1.29 is 4.79 Å². The van der Waals surface area contributed by atoms with Gasteiger partial charge in [0, 0.05) is 32.1 Å². The first-order valence-corrected chi connectivity index (χ1v) is 12.4. The van der Waals surface area contributed by atoms with Gasteiger partial charge in [0.25, 0.3) is 0 Å². The highest BCUT2D eigenvalue weighted by Gasteiger charge is 2.23. The minimum Gasteiger partial charge on any atom is -0.367 e. The molecule has 1 N–H and O–H groups in total. The number of amides is 1. The van der Waals surface area contributed by atoms with Gasteiger partial charge in [-0.2, -0.15) is 0 Å². The SMILES string of the molecule is CN(C)CC(=O)N1CCN(c2cnc3ccc(Nc4nnc(C5CCCC5)s4)nc3c2)CC1. The van der Waals surface area contributed by atoms with Gasteiger partial charge < -0.3 is 20.0 Å².